The first-order valence-electron chi connectivity index (χ1n) is 7.09. The highest BCUT2D eigenvalue weighted by molar-refractivity contribution is 5.85. The molecular formula is C14H24NO+. The molecule has 2 aliphatic carbocycles. The van der Waals surface area contributed by atoms with Crippen molar-refractivity contribution in [2.24, 2.45) is 11.8 Å². The maximum atomic E-state index is 12.3. The van der Waals surface area contributed by atoms with Gasteiger partial charge in [0, 0.05) is 25.2 Å². The third kappa shape index (κ3) is 1.54. The molecule has 0 aromatic rings. The molecule has 90 valence electrons. The summed E-state index contributed by atoms with van der Waals surface area (Å²) >= 11 is 0. The highest BCUT2D eigenvalue weighted by Gasteiger charge is 2.49. The van der Waals surface area contributed by atoms with Gasteiger partial charge in [-0.25, -0.2) is 0 Å². The average Bonchev–Trinajstić information content (AvgIpc) is 2.65. The Kier molecular flexibility index (Phi) is 2.58. The molecule has 0 amide bonds. The number of carbonyl (C=O) groups is 1. The maximum Gasteiger partial charge on any atom is 0.144 e. The van der Waals surface area contributed by atoms with E-state index in [0.717, 1.165) is 0 Å². The highest BCUT2D eigenvalue weighted by atomic mass is 16.1. The Morgan fingerprint density at radius 3 is 2.50 bits per heavy atom. The van der Waals surface area contributed by atoms with Crippen LogP contribution in [0.25, 0.3) is 0 Å². The zero-order valence-corrected chi connectivity index (χ0v) is 10.5. The van der Waals surface area contributed by atoms with Crippen LogP contribution in [-0.2, 0) is 4.79 Å². The van der Waals surface area contributed by atoms with Crippen molar-refractivity contribution in [3.05, 3.63) is 0 Å². The molecular weight excluding hydrogens is 198 g/mol. The van der Waals surface area contributed by atoms with Gasteiger partial charge in [0.25, 0.3) is 0 Å². The van der Waals surface area contributed by atoms with Gasteiger partial charge in [-0.15, -0.1) is 0 Å². The lowest BCUT2D eigenvalue weighted by Gasteiger charge is -2.47. The van der Waals surface area contributed by atoms with Crippen LogP contribution in [-0.4, -0.2) is 36.4 Å². The minimum Gasteiger partial charge on any atom is -0.323 e. The number of Topliss-reactive ketones (excluding diaryl/α,β-unsaturated/α-hetero) is 1. The molecule has 3 atom stereocenters. The molecule has 0 aromatic carbocycles. The van der Waals surface area contributed by atoms with E-state index in [-0.39, 0.29) is 0 Å². The Labute approximate surface area is 98.6 Å². The van der Waals surface area contributed by atoms with Gasteiger partial charge in [-0.2, -0.15) is 0 Å². The number of fused-ring (bicyclic) bond motifs is 2. The summed E-state index contributed by atoms with van der Waals surface area (Å²) in [6.45, 7) is 2.64. The zero-order valence-electron chi connectivity index (χ0n) is 10.5. The number of ketones is 1. The quantitative estimate of drug-likeness (QED) is 0.623. The topological polar surface area (TPSA) is 17.1 Å². The van der Waals surface area contributed by atoms with Crippen molar-refractivity contribution in [2.45, 2.75) is 51.0 Å². The number of hydrogen-bond donors (Lipinski definition) is 0. The van der Waals surface area contributed by atoms with E-state index in [4.69, 9.17) is 0 Å². The molecule has 2 nitrogen and oxygen atoms in total. The summed E-state index contributed by atoms with van der Waals surface area (Å²) in [6.07, 6.45) is 8.93. The lowest BCUT2D eigenvalue weighted by atomic mass is 9.68. The van der Waals surface area contributed by atoms with Crippen LogP contribution in [0, 0.1) is 11.8 Å². The number of hydrogen-bond acceptors (Lipinski definition) is 1. The van der Waals surface area contributed by atoms with Gasteiger partial charge in [0.1, 0.15) is 5.78 Å². The van der Waals surface area contributed by atoms with E-state index < -0.39 is 0 Å². The second kappa shape index (κ2) is 3.83. The lowest BCUT2D eigenvalue weighted by Crippen LogP contribution is -2.58. The average molecular weight is 222 g/mol. The zero-order chi connectivity index (χ0) is 11.2. The van der Waals surface area contributed by atoms with Crippen molar-refractivity contribution in [3.63, 3.8) is 0 Å². The van der Waals surface area contributed by atoms with Gasteiger partial charge in [0.05, 0.1) is 32.1 Å². The smallest absolute Gasteiger partial charge is 0.144 e. The van der Waals surface area contributed by atoms with E-state index in [9.17, 15) is 4.79 Å². The normalized spacial score (nSPS) is 42.3. The van der Waals surface area contributed by atoms with Gasteiger partial charge in [-0.05, 0) is 19.3 Å². The van der Waals surface area contributed by atoms with E-state index in [1.807, 2.05) is 0 Å². The SMILES string of the molecule is C[N+]1([C@@H]2CC[C@@H]3CCC[C@@H]2C3=O)CCCC1. The fourth-order valence-corrected chi connectivity index (χ4v) is 4.55. The van der Waals surface area contributed by atoms with Gasteiger partial charge < -0.3 is 4.48 Å². The van der Waals surface area contributed by atoms with Crippen LogP contribution >= 0.6 is 0 Å². The van der Waals surface area contributed by atoms with E-state index >= 15 is 0 Å². The Hall–Kier alpha value is -0.370. The van der Waals surface area contributed by atoms with Crippen LogP contribution in [0.1, 0.15) is 44.9 Å². The summed E-state index contributed by atoms with van der Waals surface area (Å²) in [6, 6.07) is 0.673. The molecule has 0 radical (unpaired) electrons. The Morgan fingerprint density at radius 2 is 1.75 bits per heavy atom. The number of carbonyl (C=O) groups excluding carboxylic acids is 1. The summed E-state index contributed by atoms with van der Waals surface area (Å²) < 4.78 is 1.21. The van der Waals surface area contributed by atoms with Crippen molar-refractivity contribution in [1.29, 1.82) is 0 Å². The highest BCUT2D eigenvalue weighted by Crippen LogP contribution is 2.42. The molecule has 0 unspecified atom stereocenters. The van der Waals surface area contributed by atoms with Gasteiger partial charge in [0.2, 0.25) is 0 Å². The molecule has 0 N–H and O–H groups in total. The molecule has 3 rings (SSSR count). The van der Waals surface area contributed by atoms with Gasteiger partial charge in [0.15, 0.2) is 0 Å². The largest absolute Gasteiger partial charge is 0.323 e. The first-order chi connectivity index (χ1) is 7.71. The maximum absolute atomic E-state index is 12.3. The minimum atomic E-state index is 0.426. The van der Waals surface area contributed by atoms with Gasteiger partial charge >= 0.3 is 0 Å². The van der Waals surface area contributed by atoms with Crippen molar-refractivity contribution in [2.75, 3.05) is 20.1 Å². The fourth-order valence-electron chi connectivity index (χ4n) is 4.55. The first-order valence-corrected chi connectivity index (χ1v) is 7.09. The van der Waals surface area contributed by atoms with E-state index in [1.165, 1.54) is 62.5 Å². The van der Waals surface area contributed by atoms with Crippen molar-refractivity contribution >= 4 is 5.78 Å². The first kappa shape index (κ1) is 10.8. The molecule has 0 spiro atoms. The van der Waals surface area contributed by atoms with Crippen molar-refractivity contribution < 1.29 is 9.28 Å². The van der Waals surface area contributed by atoms with Gasteiger partial charge in [-0.3, -0.25) is 4.79 Å². The van der Waals surface area contributed by atoms with Crippen LogP contribution in [0.4, 0.5) is 0 Å². The molecule has 1 saturated heterocycles. The van der Waals surface area contributed by atoms with Crippen molar-refractivity contribution in [1.82, 2.24) is 0 Å². The molecule has 2 bridgehead atoms. The van der Waals surface area contributed by atoms with Crippen LogP contribution < -0.4 is 0 Å². The predicted octanol–water partition coefficient (Wildman–Crippen LogP) is 2.37. The fraction of sp³-hybridized carbons (Fsp3) is 0.929. The predicted molar refractivity (Wildman–Crippen MR) is 64.0 cm³/mol. The summed E-state index contributed by atoms with van der Waals surface area (Å²) in [7, 11) is 2.40. The third-order valence-electron chi connectivity index (χ3n) is 5.50. The number of quaternary nitrogens is 1. The molecule has 2 heteroatoms. The standard InChI is InChI=1S/C14H24NO/c1-15(9-2-3-10-15)13-8-7-11-5-4-6-12(13)14(11)16/h11-13H,2-10H2,1H3/q+1/t11-,12-,13+/m0/s1. The second-order valence-electron chi connectivity index (χ2n) is 6.42. The number of likely N-dealkylation sites (tertiary alicyclic amines) is 1. The Balaban J connectivity index is 1.82. The van der Waals surface area contributed by atoms with E-state index in [2.05, 4.69) is 7.05 Å². The molecule has 1 aliphatic heterocycles. The number of nitrogens with zero attached hydrogens (tertiary/aromatic N) is 1. The molecule has 16 heavy (non-hydrogen) atoms. The molecule has 2 saturated carbocycles. The Morgan fingerprint density at radius 1 is 1.00 bits per heavy atom. The monoisotopic (exact) mass is 222 g/mol. The van der Waals surface area contributed by atoms with E-state index in [0.29, 0.717) is 23.7 Å². The van der Waals surface area contributed by atoms with Crippen molar-refractivity contribution in [3.8, 4) is 0 Å². The molecule has 3 fully saturated rings. The van der Waals surface area contributed by atoms with Crippen LogP contribution in [0.3, 0.4) is 0 Å². The number of rotatable bonds is 1. The van der Waals surface area contributed by atoms with Crippen LogP contribution in [0.5, 0.6) is 0 Å². The van der Waals surface area contributed by atoms with E-state index in [1.54, 1.807) is 0 Å². The third-order valence-corrected chi connectivity index (χ3v) is 5.50. The minimum absolute atomic E-state index is 0.426. The second-order valence-corrected chi connectivity index (χ2v) is 6.42. The summed E-state index contributed by atoms with van der Waals surface area (Å²) in [5.74, 6) is 1.51. The molecule has 1 heterocycles. The molecule has 0 aromatic heterocycles. The van der Waals surface area contributed by atoms with Crippen LogP contribution in [0.15, 0.2) is 0 Å². The lowest BCUT2D eigenvalue weighted by molar-refractivity contribution is -0.926. The summed E-state index contributed by atoms with van der Waals surface area (Å²) in [4.78, 5) is 12.3. The summed E-state index contributed by atoms with van der Waals surface area (Å²) in [5.41, 5.74) is 0. The molecule has 3 aliphatic rings. The summed E-state index contributed by atoms with van der Waals surface area (Å²) in [5, 5.41) is 0. The van der Waals surface area contributed by atoms with Crippen LogP contribution in [0.2, 0.25) is 0 Å². The Bertz CT molecular complexity index is 293. The van der Waals surface area contributed by atoms with Gasteiger partial charge in [-0.1, -0.05) is 6.42 Å².